The topological polar surface area (TPSA) is 58.2 Å². The maximum absolute atomic E-state index is 12.5. The van der Waals surface area contributed by atoms with E-state index in [0.29, 0.717) is 6.54 Å². The molecule has 2 aromatic carbocycles. The van der Waals surface area contributed by atoms with Gasteiger partial charge in [0.1, 0.15) is 0 Å². The number of carbonyl (C=O) groups excluding carboxylic acids is 2. The second kappa shape index (κ2) is 9.02. The summed E-state index contributed by atoms with van der Waals surface area (Å²) in [6.07, 6.45) is 0.750. The molecule has 4 nitrogen and oxygen atoms in total. The third-order valence-electron chi connectivity index (χ3n) is 4.11. The van der Waals surface area contributed by atoms with Gasteiger partial charge in [-0.3, -0.25) is 9.59 Å². The number of amides is 2. The van der Waals surface area contributed by atoms with Crippen LogP contribution in [0.15, 0.2) is 54.6 Å². The smallest absolute Gasteiger partial charge is 0.227 e. The van der Waals surface area contributed by atoms with Crippen LogP contribution in [0.5, 0.6) is 0 Å². The number of hydrogen-bond donors (Lipinski definition) is 2. The Balaban J connectivity index is 1.98. The first-order chi connectivity index (χ1) is 12.0. The van der Waals surface area contributed by atoms with Crippen molar-refractivity contribution in [2.75, 3.05) is 5.32 Å². The van der Waals surface area contributed by atoms with Gasteiger partial charge in [-0.15, -0.1) is 0 Å². The second-order valence-electron chi connectivity index (χ2n) is 6.43. The fraction of sp³-hybridized carbons (Fsp3) is 0.333. The Labute approximate surface area is 149 Å². The molecule has 0 saturated heterocycles. The highest BCUT2D eigenvalue weighted by molar-refractivity contribution is 5.92. The molecule has 25 heavy (non-hydrogen) atoms. The average Bonchev–Trinajstić information content (AvgIpc) is 2.62. The lowest BCUT2D eigenvalue weighted by Crippen LogP contribution is -2.28. The Morgan fingerprint density at radius 1 is 0.960 bits per heavy atom. The number of benzene rings is 2. The van der Waals surface area contributed by atoms with Crippen molar-refractivity contribution in [2.24, 2.45) is 5.92 Å². The Kier molecular flexibility index (Phi) is 6.75. The van der Waals surface area contributed by atoms with Crippen molar-refractivity contribution in [2.45, 2.75) is 39.7 Å². The zero-order valence-corrected chi connectivity index (χ0v) is 15.1. The molecule has 0 heterocycles. The highest BCUT2D eigenvalue weighted by atomic mass is 16.2. The van der Waals surface area contributed by atoms with E-state index in [9.17, 15) is 9.59 Å². The zero-order valence-electron chi connectivity index (χ0n) is 15.1. The summed E-state index contributed by atoms with van der Waals surface area (Å²) in [6.45, 7) is 6.16. The van der Waals surface area contributed by atoms with E-state index in [-0.39, 0.29) is 23.7 Å². The molecule has 0 unspecified atom stereocenters. The third-order valence-corrected chi connectivity index (χ3v) is 4.11. The van der Waals surface area contributed by atoms with Gasteiger partial charge in [0.25, 0.3) is 0 Å². The van der Waals surface area contributed by atoms with E-state index in [1.165, 1.54) is 0 Å². The molecule has 0 aromatic heterocycles. The standard InChI is InChI=1S/C21H26N2O2/c1-4-19(17-10-6-5-7-11-17)21(25)22-14-16-9-8-12-18(13-16)23-20(24)15(2)3/h5-13,15,19H,4,14H2,1-3H3,(H,22,25)(H,23,24)/t19-/m0/s1. The van der Waals surface area contributed by atoms with E-state index in [0.717, 1.165) is 23.2 Å². The summed E-state index contributed by atoms with van der Waals surface area (Å²) in [5, 5.41) is 5.88. The van der Waals surface area contributed by atoms with E-state index in [1.807, 2.05) is 75.4 Å². The van der Waals surface area contributed by atoms with Crippen LogP contribution in [0.1, 0.15) is 44.2 Å². The Morgan fingerprint density at radius 3 is 2.32 bits per heavy atom. The van der Waals surface area contributed by atoms with Gasteiger partial charge >= 0.3 is 0 Å². The maximum Gasteiger partial charge on any atom is 0.227 e. The minimum Gasteiger partial charge on any atom is -0.351 e. The van der Waals surface area contributed by atoms with Crippen molar-refractivity contribution < 1.29 is 9.59 Å². The van der Waals surface area contributed by atoms with Crippen molar-refractivity contribution in [1.82, 2.24) is 5.32 Å². The predicted molar refractivity (Wildman–Crippen MR) is 101 cm³/mol. The van der Waals surface area contributed by atoms with Crippen LogP contribution in [-0.4, -0.2) is 11.8 Å². The van der Waals surface area contributed by atoms with Gasteiger partial charge in [0.05, 0.1) is 5.92 Å². The van der Waals surface area contributed by atoms with Crippen molar-refractivity contribution in [3.05, 3.63) is 65.7 Å². The Bertz CT molecular complexity index is 711. The average molecular weight is 338 g/mol. The summed E-state index contributed by atoms with van der Waals surface area (Å²) < 4.78 is 0. The molecule has 0 radical (unpaired) electrons. The summed E-state index contributed by atoms with van der Waals surface area (Å²) >= 11 is 0. The first-order valence-corrected chi connectivity index (χ1v) is 8.73. The van der Waals surface area contributed by atoms with Crippen molar-refractivity contribution in [1.29, 1.82) is 0 Å². The summed E-state index contributed by atoms with van der Waals surface area (Å²) in [6, 6.07) is 17.4. The highest BCUT2D eigenvalue weighted by Crippen LogP contribution is 2.19. The van der Waals surface area contributed by atoms with Crippen LogP contribution in [0.25, 0.3) is 0 Å². The van der Waals surface area contributed by atoms with Crippen LogP contribution in [0.2, 0.25) is 0 Å². The summed E-state index contributed by atoms with van der Waals surface area (Å²) in [5.41, 5.74) is 2.74. The number of carbonyl (C=O) groups is 2. The van der Waals surface area contributed by atoms with Gasteiger partial charge in [0.15, 0.2) is 0 Å². The molecular weight excluding hydrogens is 312 g/mol. The molecule has 132 valence electrons. The van der Waals surface area contributed by atoms with Gasteiger partial charge in [0, 0.05) is 18.2 Å². The second-order valence-corrected chi connectivity index (χ2v) is 6.43. The Hall–Kier alpha value is -2.62. The zero-order chi connectivity index (χ0) is 18.2. The molecule has 0 aliphatic rings. The van der Waals surface area contributed by atoms with Gasteiger partial charge in [-0.25, -0.2) is 0 Å². The molecule has 0 bridgehead atoms. The first-order valence-electron chi connectivity index (χ1n) is 8.73. The number of nitrogens with one attached hydrogen (secondary N) is 2. The summed E-state index contributed by atoms with van der Waals surface area (Å²) in [7, 11) is 0. The van der Waals surface area contributed by atoms with Crippen LogP contribution in [0, 0.1) is 5.92 Å². The largest absolute Gasteiger partial charge is 0.351 e. The lowest BCUT2D eigenvalue weighted by atomic mass is 9.95. The quantitative estimate of drug-likeness (QED) is 0.799. The molecule has 4 heteroatoms. The van der Waals surface area contributed by atoms with E-state index in [1.54, 1.807) is 0 Å². The number of rotatable bonds is 7. The van der Waals surface area contributed by atoms with E-state index in [2.05, 4.69) is 10.6 Å². The lowest BCUT2D eigenvalue weighted by Gasteiger charge is -2.16. The summed E-state index contributed by atoms with van der Waals surface area (Å²) in [5.74, 6) is -0.216. The van der Waals surface area contributed by atoms with Gasteiger partial charge in [-0.1, -0.05) is 63.2 Å². The van der Waals surface area contributed by atoms with Gasteiger partial charge in [0.2, 0.25) is 11.8 Å². The van der Waals surface area contributed by atoms with Gasteiger partial charge < -0.3 is 10.6 Å². The Morgan fingerprint density at radius 2 is 1.68 bits per heavy atom. The maximum atomic E-state index is 12.5. The van der Waals surface area contributed by atoms with Crippen LogP contribution >= 0.6 is 0 Å². The predicted octanol–water partition coefficient (Wildman–Crippen LogP) is 4.09. The van der Waals surface area contributed by atoms with Crippen LogP contribution in [0.4, 0.5) is 5.69 Å². The van der Waals surface area contributed by atoms with E-state index >= 15 is 0 Å². The fourth-order valence-corrected chi connectivity index (χ4v) is 2.62. The lowest BCUT2D eigenvalue weighted by molar-refractivity contribution is -0.123. The number of anilines is 1. The minimum absolute atomic E-state index is 0.0173. The fourth-order valence-electron chi connectivity index (χ4n) is 2.62. The van der Waals surface area contributed by atoms with E-state index < -0.39 is 0 Å². The molecule has 0 aliphatic carbocycles. The molecule has 0 aliphatic heterocycles. The third kappa shape index (κ3) is 5.45. The molecule has 2 aromatic rings. The molecule has 2 amide bonds. The van der Waals surface area contributed by atoms with Crippen LogP contribution in [0.3, 0.4) is 0 Å². The van der Waals surface area contributed by atoms with Crippen molar-refractivity contribution >= 4 is 17.5 Å². The van der Waals surface area contributed by atoms with Crippen molar-refractivity contribution in [3.8, 4) is 0 Å². The van der Waals surface area contributed by atoms with E-state index in [4.69, 9.17) is 0 Å². The summed E-state index contributed by atoms with van der Waals surface area (Å²) in [4.78, 5) is 24.3. The van der Waals surface area contributed by atoms with Gasteiger partial charge in [-0.2, -0.15) is 0 Å². The number of hydrogen-bond acceptors (Lipinski definition) is 2. The molecule has 2 N–H and O–H groups in total. The molecule has 0 spiro atoms. The van der Waals surface area contributed by atoms with Gasteiger partial charge in [-0.05, 0) is 29.7 Å². The first kappa shape index (κ1) is 18.7. The normalized spacial score (nSPS) is 11.8. The van der Waals surface area contributed by atoms with Crippen LogP contribution in [-0.2, 0) is 16.1 Å². The highest BCUT2D eigenvalue weighted by Gasteiger charge is 2.18. The SMILES string of the molecule is CC[C@H](C(=O)NCc1cccc(NC(=O)C(C)C)c1)c1ccccc1. The van der Waals surface area contributed by atoms with Crippen molar-refractivity contribution in [3.63, 3.8) is 0 Å². The molecule has 0 saturated carbocycles. The minimum atomic E-state index is -0.148. The van der Waals surface area contributed by atoms with Crippen LogP contribution < -0.4 is 10.6 Å². The molecule has 0 fully saturated rings. The molecule has 2 rings (SSSR count). The molecular formula is C21H26N2O2. The molecule has 1 atom stereocenters. The monoisotopic (exact) mass is 338 g/mol.